The molecule has 2 N–H and O–H groups in total. The van der Waals surface area contributed by atoms with E-state index in [2.05, 4.69) is 19.2 Å². The van der Waals surface area contributed by atoms with E-state index in [0.717, 1.165) is 6.54 Å². The van der Waals surface area contributed by atoms with Crippen LogP contribution < -0.4 is 5.32 Å². The summed E-state index contributed by atoms with van der Waals surface area (Å²) in [6.07, 6.45) is -0.483. The molecule has 4 heteroatoms. The number of rotatable bonds is 8. The quantitative estimate of drug-likeness (QED) is 0.660. The molecule has 15 heavy (non-hydrogen) atoms. The Morgan fingerprint density at radius 3 is 2.13 bits per heavy atom. The maximum absolute atomic E-state index is 11.5. The molecule has 2 unspecified atom stereocenters. The van der Waals surface area contributed by atoms with Gasteiger partial charge in [-0.15, -0.1) is 0 Å². The lowest BCUT2D eigenvalue weighted by molar-refractivity contribution is 0.193. The molecule has 3 nitrogen and oxygen atoms in total. The SMILES string of the molecule is CC(C)CNCC(O)CS(=O)CC(C)C. The first-order valence-electron chi connectivity index (χ1n) is 5.65. The van der Waals surface area contributed by atoms with Gasteiger partial charge in [-0.25, -0.2) is 0 Å². The van der Waals surface area contributed by atoms with E-state index in [1.165, 1.54) is 0 Å². The number of hydrogen-bond acceptors (Lipinski definition) is 3. The maximum Gasteiger partial charge on any atom is 0.0779 e. The molecule has 0 radical (unpaired) electrons. The molecule has 92 valence electrons. The van der Waals surface area contributed by atoms with Crippen molar-refractivity contribution < 1.29 is 9.32 Å². The van der Waals surface area contributed by atoms with Crippen LogP contribution in [-0.2, 0) is 10.8 Å². The van der Waals surface area contributed by atoms with Crippen molar-refractivity contribution in [1.29, 1.82) is 0 Å². The van der Waals surface area contributed by atoms with Gasteiger partial charge in [0.15, 0.2) is 0 Å². The second kappa shape index (κ2) is 8.25. The van der Waals surface area contributed by atoms with E-state index in [9.17, 15) is 9.32 Å². The molecule has 0 aromatic carbocycles. The van der Waals surface area contributed by atoms with Crippen molar-refractivity contribution in [2.24, 2.45) is 11.8 Å². The largest absolute Gasteiger partial charge is 0.391 e. The third-order valence-electron chi connectivity index (χ3n) is 1.83. The minimum absolute atomic E-state index is 0.392. The van der Waals surface area contributed by atoms with Gasteiger partial charge in [0.2, 0.25) is 0 Å². The summed E-state index contributed by atoms with van der Waals surface area (Å²) >= 11 is 0. The van der Waals surface area contributed by atoms with Gasteiger partial charge in [0.25, 0.3) is 0 Å². The van der Waals surface area contributed by atoms with Crippen LogP contribution in [0.4, 0.5) is 0 Å². The van der Waals surface area contributed by atoms with Gasteiger partial charge in [0, 0.05) is 23.1 Å². The van der Waals surface area contributed by atoms with Crippen LogP contribution in [0, 0.1) is 11.8 Å². The molecular formula is C11H25NO2S. The first-order chi connectivity index (χ1) is 6.91. The van der Waals surface area contributed by atoms with Crippen molar-refractivity contribution in [3.63, 3.8) is 0 Å². The van der Waals surface area contributed by atoms with Crippen molar-refractivity contribution in [3.8, 4) is 0 Å². The van der Waals surface area contributed by atoms with Crippen LogP contribution in [0.15, 0.2) is 0 Å². The second-order valence-electron chi connectivity index (χ2n) is 4.87. The number of nitrogens with one attached hydrogen (secondary N) is 1. The number of hydrogen-bond donors (Lipinski definition) is 2. The first kappa shape index (κ1) is 15.1. The van der Waals surface area contributed by atoms with E-state index < -0.39 is 16.9 Å². The van der Waals surface area contributed by atoms with E-state index in [1.807, 2.05) is 13.8 Å². The Morgan fingerprint density at radius 2 is 1.67 bits per heavy atom. The van der Waals surface area contributed by atoms with Gasteiger partial charge in [0.1, 0.15) is 0 Å². The minimum Gasteiger partial charge on any atom is -0.391 e. The lowest BCUT2D eigenvalue weighted by Crippen LogP contribution is -2.33. The molecule has 0 amide bonds. The Bertz CT molecular complexity index is 183. The molecule has 2 atom stereocenters. The predicted molar refractivity (Wildman–Crippen MR) is 66.4 cm³/mol. The molecule has 0 saturated heterocycles. The second-order valence-corrected chi connectivity index (χ2v) is 6.42. The summed E-state index contributed by atoms with van der Waals surface area (Å²) in [4.78, 5) is 0. The molecule has 0 saturated carbocycles. The molecule has 0 aliphatic rings. The van der Waals surface area contributed by atoms with Crippen molar-refractivity contribution in [2.45, 2.75) is 33.8 Å². The standard InChI is InChI=1S/C11H25NO2S/c1-9(2)5-12-6-11(13)8-15(14)7-10(3)4/h9-13H,5-8H2,1-4H3. The fourth-order valence-electron chi connectivity index (χ4n) is 1.25. The van der Waals surface area contributed by atoms with Crippen molar-refractivity contribution in [1.82, 2.24) is 5.32 Å². The molecule has 0 aromatic heterocycles. The van der Waals surface area contributed by atoms with Crippen LogP contribution in [-0.4, -0.2) is 40.0 Å². The van der Waals surface area contributed by atoms with Gasteiger partial charge in [-0.05, 0) is 18.4 Å². The predicted octanol–water partition coefficient (Wildman–Crippen LogP) is 0.998. The summed E-state index contributed by atoms with van der Waals surface area (Å²) in [5.41, 5.74) is 0. The molecule has 0 spiro atoms. The lowest BCUT2D eigenvalue weighted by atomic mass is 10.2. The molecule has 0 fully saturated rings. The van der Waals surface area contributed by atoms with E-state index >= 15 is 0 Å². The smallest absolute Gasteiger partial charge is 0.0779 e. The van der Waals surface area contributed by atoms with E-state index in [4.69, 9.17) is 0 Å². The van der Waals surface area contributed by atoms with E-state index in [1.54, 1.807) is 0 Å². The van der Waals surface area contributed by atoms with E-state index in [0.29, 0.717) is 29.9 Å². The van der Waals surface area contributed by atoms with Gasteiger partial charge >= 0.3 is 0 Å². The molecule has 0 bridgehead atoms. The van der Waals surface area contributed by atoms with Gasteiger partial charge in [-0.3, -0.25) is 4.21 Å². The Balaban J connectivity index is 3.55. The monoisotopic (exact) mass is 235 g/mol. The third kappa shape index (κ3) is 10.4. The summed E-state index contributed by atoms with van der Waals surface area (Å²) in [6.45, 7) is 9.77. The number of aliphatic hydroxyl groups is 1. The Hall–Kier alpha value is 0.0700. The lowest BCUT2D eigenvalue weighted by Gasteiger charge is -2.13. The van der Waals surface area contributed by atoms with Crippen molar-refractivity contribution >= 4 is 10.8 Å². The summed E-state index contributed by atoms with van der Waals surface area (Å²) in [6, 6.07) is 0. The Morgan fingerprint density at radius 1 is 1.07 bits per heavy atom. The average Bonchev–Trinajstić information content (AvgIpc) is 2.00. The van der Waals surface area contributed by atoms with Crippen LogP contribution in [0.3, 0.4) is 0 Å². The highest BCUT2D eigenvalue weighted by Gasteiger charge is 2.10. The first-order valence-corrected chi connectivity index (χ1v) is 7.14. The fourth-order valence-corrected chi connectivity index (χ4v) is 2.68. The molecule has 0 aromatic rings. The molecule has 0 aliphatic heterocycles. The Labute approximate surface area is 96.1 Å². The zero-order valence-corrected chi connectivity index (χ0v) is 11.1. The Kier molecular flexibility index (Phi) is 8.29. The molecular weight excluding hydrogens is 210 g/mol. The van der Waals surface area contributed by atoms with Crippen LogP contribution in [0.1, 0.15) is 27.7 Å². The van der Waals surface area contributed by atoms with Crippen LogP contribution in [0.5, 0.6) is 0 Å². The normalized spacial score (nSPS) is 15.9. The van der Waals surface area contributed by atoms with Crippen LogP contribution in [0.25, 0.3) is 0 Å². The van der Waals surface area contributed by atoms with Gasteiger partial charge in [0.05, 0.1) is 11.9 Å². The highest BCUT2D eigenvalue weighted by Crippen LogP contribution is 1.98. The minimum atomic E-state index is -0.884. The zero-order chi connectivity index (χ0) is 11.8. The molecule has 0 aliphatic carbocycles. The number of aliphatic hydroxyl groups excluding tert-OH is 1. The summed E-state index contributed by atoms with van der Waals surface area (Å²) in [5, 5.41) is 12.7. The van der Waals surface area contributed by atoms with E-state index in [-0.39, 0.29) is 0 Å². The third-order valence-corrected chi connectivity index (χ3v) is 3.63. The molecule has 0 rings (SSSR count). The summed E-state index contributed by atoms with van der Waals surface area (Å²) < 4.78 is 11.5. The average molecular weight is 235 g/mol. The fraction of sp³-hybridized carbons (Fsp3) is 1.00. The van der Waals surface area contributed by atoms with Crippen molar-refractivity contribution in [2.75, 3.05) is 24.6 Å². The zero-order valence-electron chi connectivity index (χ0n) is 10.3. The van der Waals surface area contributed by atoms with Gasteiger partial charge in [-0.1, -0.05) is 27.7 Å². The topological polar surface area (TPSA) is 49.3 Å². The van der Waals surface area contributed by atoms with Crippen LogP contribution >= 0.6 is 0 Å². The van der Waals surface area contributed by atoms with Crippen LogP contribution in [0.2, 0.25) is 0 Å². The van der Waals surface area contributed by atoms with Gasteiger partial charge in [-0.2, -0.15) is 0 Å². The van der Waals surface area contributed by atoms with Crippen molar-refractivity contribution in [3.05, 3.63) is 0 Å². The summed E-state index contributed by atoms with van der Waals surface area (Å²) in [7, 11) is -0.884. The maximum atomic E-state index is 11.5. The highest BCUT2D eigenvalue weighted by atomic mass is 32.2. The highest BCUT2D eigenvalue weighted by molar-refractivity contribution is 7.85. The molecule has 0 heterocycles. The van der Waals surface area contributed by atoms with Gasteiger partial charge < -0.3 is 10.4 Å². The summed E-state index contributed by atoms with van der Waals surface area (Å²) in [5.74, 6) is 2.09.